The van der Waals surface area contributed by atoms with Crippen molar-refractivity contribution >= 4 is 27.3 Å². The Balaban J connectivity index is 0. The van der Waals surface area contributed by atoms with Gasteiger partial charge < -0.3 is 21.9 Å². The van der Waals surface area contributed by atoms with Gasteiger partial charge >= 0.3 is 27.3 Å². The summed E-state index contributed by atoms with van der Waals surface area (Å²) in [6.45, 7) is 0. The first kappa shape index (κ1) is 118. The number of rotatable bonds is 0. The molecule has 0 aliphatic carbocycles. The van der Waals surface area contributed by atoms with Crippen LogP contribution in [0.4, 0.5) is 0 Å². The summed E-state index contributed by atoms with van der Waals surface area (Å²) in [7, 11) is 0. The van der Waals surface area contributed by atoms with E-state index < -0.39 is 0 Å². The van der Waals surface area contributed by atoms with E-state index in [9.17, 15) is 0 Å². The fraction of sp³-hybridized carbons (Fsp3) is 0. The van der Waals surface area contributed by atoms with E-state index in [4.69, 9.17) is 0 Å². The van der Waals surface area contributed by atoms with Crippen LogP contribution in [0.15, 0.2) is 0 Å². The Morgan fingerprint density at radius 2 is 0.571 bits per heavy atom. The van der Waals surface area contributed by atoms with Crippen LogP contribution in [-0.4, -0.2) is 49.2 Å². The molecule has 0 unspecified atom stereocenters. The fourth-order valence-electron chi connectivity index (χ4n) is 0. The topological polar surface area (TPSA) is 126 Å². The molecule has 0 rings (SSSR count). The van der Waals surface area contributed by atoms with Crippen molar-refractivity contribution in [1.82, 2.24) is 0 Å². The Hall–Kier alpha value is 2.35. The maximum atomic E-state index is 0. The quantitative estimate of drug-likeness (QED) is 0.381. The predicted molar refractivity (Wildman–Crippen MR) is 23.0 cm³/mol. The van der Waals surface area contributed by atoms with Crippen molar-refractivity contribution < 1.29 is 69.5 Å². The average Bonchev–Trinajstić information content (AvgIpc) is 0. The standard InChI is InChI=1S/4H2O.Pb.Sc.Ti.2H/h4*1H2;;;;;. The van der Waals surface area contributed by atoms with Crippen LogP contribution in [0.25, 0.3) is 0 Å². The van der Waals surface area contributed by atoms with E-state index in [0.29, 0.717) is 0 Å². The molecule has 7 heteroatoms. The molecule has 7 heavy (non-hydrogen) atoms. The molecule has 45 valence electrons. The van der Waals surface area contributed by atoms with Gasteiger partial charge in [0.1, 0.15) is 0 Å². The Morgan fingerprint density at radius 1 is 0.571 bits per heavy atom. The van der Waals surface area contributed by atoms with Crippen molar-refractivity contribution in [3.63, 3.8) is 0 Å². The molecule has 0 fully saturated rings. The molecule has 8 N–H and O–H groups in total. The van der Waals surface area contributed by atoms with Gasteiger partial charge in [0.15, 0.2) is 0 Å². The molecule has 0 bridgehead atoms. The molecule has 0 heterocycles. The normalized spacial score (nSPS) is 0. The van der Waals surface area contributed by atoms with Crippen LogP contribution >= 0.6 is 0 Å². The van der Waals surface area contributed by atoms with E-state index in [0.717, 1.165) is 0 Å². The Morgan fingerprint density at radius 3 is 0.571 bits per heavy atom. The smallest absolute Gasteiger partial charge is 0 e. The summed E-state index contributed by atoms with van der Waals surface area (Å²) in [4.78, 5) is 0. The maximum absolute atomic E-state index is 0. The third-order valence-electron chi connectivity index (χ3n) is 0. The summed E-state index contributed by atoms with van der Waals surface area (Å²) in [5.74, 6) is 0. The molecule has 0 aromatic rings. The maximum Gasteiger partial charge on any atom is 0 e. The van der Waals surface area contributed by atoms with Gasteiger partial charge in [-0.1, -0.05) is 0 Å². The van der Waals surface area contributed by atoms with Crippen LogP contribution in [0.5, 0.6) is 0 Å². The van der Waals surface area contributed by atoms with Gasteiger partial charge in [-0.2, -0.15) is 0 Å². The van der Waals surface area contributed by atoms with E-state index >= 15 is 0 Å². The third-order valence-corrected chi connectivity index (χ3v) is 0. The van der Waals surface area contributed by atoms with E-state index in [1.165, 1.54) is 0 Å². The molecular weight excluding hydrogens is 364 g/mol. The first-order chi connectivity index (χ1) is 0. The summed E-state index contributed by atoms with van der Waals surface area (Å²) >= 11 is 0. The molecular formula is H10O4PbScTi. The Kier molecular flexibility index (Phi) is 1380. The van der Waals surface area contributed by atoms with E-state index in [-0.39, 0.29) is 96.8 Å². The molecule has 0 saturated heterocycles. The molecule has 0 aromatic heterocycles. The zero-order valence-corrected chi connectivity index (χ0v) is 12.6. The van der Waals surface area contributed by atoms with Crippen LogP contribution in [0.2, 0.25) is 0 Å². The second-order valence-electron chi connectivity index (χ2n) is 0. The van der Waals surface area contributed by atoms with Crippen molar-refractivity contribution in [3.05, 3.63) is 0 Å². The fourth-order valence-corrected chi connectivity index (χ4v) is 0. The van der Waals surface area contributed by atoms with Crippen LogP contribution in [0.1, 0.15) is 0 Å². The molecule has 0 spiro atoms. The number of hydrogen-bond acceptors (Lipinski definition) is 0. The number of hydrogen-bond donors (Lipinski definition) is 0. The van der Waals surface area contributed by atoms with Crippen molar-refractivity contribution in [2.45, 2.75) is 0 Å². The minimum atomic E-state index is 0. The minimum Gasteiger partial charge on any atom is 0 e. The second kappa shape index (κ2) is 81.8. The molecule has 3 radical (unpaired) electrons. The molecule has 0 aromatic carbocycles. The molecule has 0 amide bonds. The van der Waals surface area contributed by atoms with Crippen molar-refractivity contribution in [2.24, 2.45) is 0 Å². The Bertz CT molecular complexity index is 11.7. The van der Waals surface area contributed by atoms with Crippen LogP contribution < -0.4 is 0 Å². The molecule has 0 aliphatic rings. The SMILES string of the molecule is O.O.O.O.[PbH2].[Sc].[Ti]. The minimum absolute atomic E-state index is 0. The van der Waals surface area contributed by atoms with Crippen LogP contribution in [0.3, 0.4) is 0 Å². The van der Waals surface area contributed by atoms with Gasteiger partial charge in [0.2, 0.25) is 0 Å². The van der Waals surface area contributed by atoms with E-state index in [2.05, 4.69) is 0 Å². The zero-order chi connectivity index (χ0) is 0. The summed E-state index contributed by atoms with van der Waals surface area (Å²) < 4.78 is 0. The summed E-state index contributed by atoms with van der Waals surface area (Å²) in [5.41, 5.74) is 0. The largest absolute Gasteiger partial charge is 0 e. The van der Waals surface area contributed by atoms with E-state index in [1.54, 1.807) is 0 Å². The predicted octanol–water partition coefficient (Wildman–Crippen LogP) is -4.22. The van der Waals surface area contributed by atoms with Crippen LogP contribution in [0, 0.1) is 0 Å². The van der Waals surface area contributed by atoms with Gasteiger partial charge in [0.05, 0.1) is 0 Å². The van der Waals surface area contributed by atoms with E-state index in [1.807, 2.05) is 0 Å². The first-order valence-electron chi connectivity index (χ1n) is 0. The van der Waals surface area contributed by atoms with Gasteiger partial charge in [0.25, 0.3) is 0 Å². The van der Waals surface area contributed by atoms with Gasteiger partial charge in [-0.15, -0.1) is 0 Å². The van der Waals surface area contributed by atoms with Crippen molar-refractivity contribution in [2.75, 3.05) is 0 Å². The van der Waals surface area contributed by atoms with Gasteiger partial charge in [-0.05, 0) is 0 Å². The molecule has 4 nitrogen and oxygen atoms in total. The van der Waals surface area contributed by atoms with Crippen molar-refractivity contribution in [1.29, 1.82) is 0 Å². The van der Waals surface area contributed by atoms with Gasteiger partial charge in [-0.3, -0.25) is 0 Å². The zero-order valence-electron chi connectivity index (χ0n) is 3.78. The van der Waals surface area contributed by atoms with Crippen LogP contribution in [-0.2, 0) is 47.6 Å². The first-order valence-corrected chi connectivity index (χ1v) is 0. The van der Waals surface area contributed by atoms with Crippen molar-refractivity contribution in [3.8, 4) is 0 Å². The third kappa shape index (κ3) is 61.1. The summed E-state index contributed by atoms with van der Waals surface area (Å²) in [6, 6.07) is 0. The monoisotopic (exact) mass is 375 g/mol. The average molecular weight is 374 g/mol. The Labute approximate surface area is 95.5 Å². The van der Waals surface area contributed by atoms with Gasteiger partial charge in [0, 0.05) is 47.6 Å². The molecule has 0 aliphatic heterocycles. The summed E-state index contributed by atoms with van der Waals surface area (Å²) in [5, 5.41) is 0. The van der Waals surface area contributed by atoms with Gasteiger partial charge in [-0.25, -0.2) is 0 Å². The molecule has 0 saturated carbocycles. The second-order valence-corrected chi connectivity index (χ2v) is 0. The summed E-state index contributed by atoms with van der Waals surface area (Å²) in [6.07, 6.45) is 0. The molecule has 0 atom stereocenters.